The van der Waals surface area contributed by atoms with Gasteiger partial charge in [0.1, 0.15) is 0 Å². The Morgan fingerprint density at radius 1 is 1.23 bits per heavy atom. The molecule has 2 rings (SSSR count). The zero-order valence-corrected chi connectivity index (χ0v) is 9.88. The first kappa shape index (κ1) is 9.30. The second kappa shape index (κ2) is 3.48. The third-order valence-corrected chi connectivity index (χ3v) is 5.52. The Hall–Kier alpha value is -0.260. The lowest BCUT2D eigenvalue weighted by atomic mass is 10.1. The molecule has 0 spiro atoms. The number of aryl methyl sites for hydroxylation is 1. The Morgan fingerprint density at radius 2 is 2.00 bits per heavy atom. The first-order valence-corrected chi connectivity index (χ1v) is 7.65. The van der Waals surface area contributed by atoms with E-state index in [-0.39, 0.29) is 7.12 Å². The van der Waals surface area contributed by atoms with Crippen molar-refractivity contribution in [3.63, 3.8) is 0 Å². The van der Waals surface area contributed by atoms with Gasteiger partial charge < -0.3 is 0 Å². The van der Waals surface area contributed by atoms with Gasteiger partial charge in [-0.3, -0.25) is 0 Å². The monoisotopic (exact) mass is 208 g/mol. The maximum absolute atomic E-state index is 2.40. The quantitative estimate of drug-likeness (QED) is 0.566. The zero-order chi connectivity index (χ0) is 9.42. The lowest BCUT2D eigenvalue weighted by Gasteiger charge is -2.19. The summed E-state index contributed by atoms with van der Waals surface area (Å²) >= 11 is 2.02. The number of hydrogen-bond acceptors (Lipinski definition) is 1. The van der Waals surface area contributed by atoms with Crippen molar-refractivity contribution in [3.8, 4) is 0 Å². The Balaban J connectivity index is 2.54. The van der Waals surface area contributed by atoms with Gasteiger partial charge in [-0.15, -0.1) is 0 Å². The van der Waals surface area contributed by atoms with Crippen molar-refractivity contribution in [2.24, 2.45) is 0 Å². The van der Waals surface area contributed by atoms with Crippen LogP contribution in [0.2, 0.25) is 0 Å². The maximum Gasteiger partial charge on any atom is 0.0197 e. The Bertz CT molecular complexity index is 368. The Morgan fingerprint density at radius 3 is 2.77 bits per heavy atom. The third-order valence-electron chi connectivity index (χ3n) is 2.18. The molecule has 1 aliphatic rings. The van der Waals surface area contributed by atoms with E-state index in [1.54, 1.807) is 0 Å². The van der Waals surface area contributed by atoms with Crippen LogP contribution in [0.15, 0.2) is 28.9 Å². The second-order valence-electron chi connectivity index (χ2n) is 3.45. The van der Waals surface area contributed by atoms with Gasteiger partial charge in [-0.05, 0) is 56.2 Å². The average molecular weight is 208 g/mol. The number of hydrogen-bond donors (Lipinski definition) is 0. The van der Waals surface area contributed by atoms with Gasteiger partial charge in [-0.2, -0.15) is 0 Å². The van der Waals surface area contributed by atoms with Gasteiger partial charge in [0.15, 0.2) is 0 Å². The first-order valence-electron chi connectivity index (χ1n) is 4.37. The van der Waals surface area contributed by atoms with Crippen LogP contribution in [0.25, 0.3) is 5.57 Å². The van der Waals surface area contributed by atoms with E-state index in [1.165, 1.54) is 21.6 Å². The summed E-state index contributed by atoms with van der Waals surface area (Å²) in [6, 6.07) is 6.74. The molecule has 68 valence electrons. The van der Waals surface area contributed by atoms with E-state index in [0.717, 1.165) is 0 Å². The van der Waals surface area contributed by atoms with Crippen LogP contribution in [0.3, 0.4) is 0 Å². The molecule has 0 bridgehead atoms. The summed E-state index contributed by atoms with van der Waals surface area (Å²) in [6.45, 7) is 6.69. The topological polar surface area (TPSA) is 0 Å². The highest BCUT2D eigenvalue weighted by atomic mass is 32.7. The van der Waals surface area contributed by atoms with Crippen LogP contribution in [0.5, 0.6) is 0 Å². The fourth-order valence-corrected chi connectivity index (χ4v) is 5.18. The van der Waals surface area contributed by atoms with Crippen molar-refractivity contribution >= 4 is 24.1 Å². The summed E-state index contributed by atoms with van der Waals surface area (Å²) in [5, 5.41) is 0. The molecular weight excluding hydrogens is 195 g/mol. The molecule has 0 saturated carbocycles. The molecule has 0 N–H and O–H groups in total. The first-order chi connectivity index (χ1) is 6.16. The molecule has 0 radical (unpaired) electrons. The molecule has 1 atom stereocenters. The number of rotatable bonds is 0. The molecule has 1 aromatic carbocycles. The van der Waals surface area contributed by atoms with Gasteiger partial charge in [0.2, 0.25) is 0 Å². The molecule has 0 amide bonds. The average Bonchev–Trinajstić information content (AvgIpc) is 2.02. The van der Waals surface area contributed by atoms with Crippen LogP contribution in [-0.4, -0.2) is 6.66 Å². The lowest BCUT2D eigenvalue weighted by Crippen LogP contribution is -1.89. The molecule has 1 aliphatic heterocycles. The molecule has 2 heteroatoms. The smallest absolute Gasteiger partial charge is 0.0197 e. The van der Waals surface area contributed by atoms with Gasteiger partial charge in [-0.25, -0.2) is 0 Å². The van der Waals surface area contributed by atoms with E-state index >= 15 is 0 Å². The second-order valence-corrected chi connectivity index (χ2v) is 7.70. The number of fused-ring (bicyclic) bond motifs is 1. The summed E-state index contributed by atoms with van der Waals surface area (Å²) in [5.41, 5.74) is 4.24. The van der Waals surface area contributed by atoms with E-state index in [9.17, 15) is 0 Å². The van der Waals surface area contributed by atoms with Crippen LogP contribution in [0.1, 0.15) is 18.1 Å². The van der Waals surface area contributed by atoms with Crippen molar-refractivity contribution in [1.82, 2.24) is 0 Å². The van der Waals surface area contributed by atoms with Gasteiger partial charge in [0.05, 0.1) is 0 Å². The van der Waals surface area contributed by atoms with Crippen LogP contribution in [-0.2, 0) is 0 Å². The lowest BCUT2D eigenvalue weighted by molar-refractivity contribution is 1.32. The van der Waals surface area contributed by atoms with E-state index in [0.29, 0.717) is 0 Å². The fraction of sp³-hybridized carbons (Fsp3) is 0.273. The van der Waals surface area contributed by atoms with E-state index in [1.807, 2.05) is 11.4 Å². The molecule has 1 heterocycles. The normalized spacial score (nSPS) is 20.8. The van der Waals surface area contributed by atoms with Crippen LogP contribution >= 0.6 is 18.5 Å². The molecule has 13 heavy (non-hydrogen) atoms. The molecule has 0 aromatic heterocycles. The summed E-state index contributed by atoms with van der Waals surface area (Å²) < 4.78 is 0. The minimum Gasteiger partial charge on any atom is -0.0939 e. The third kappa shape index (κ3) is 1.82. The molecule has 0 saturated heterocycles. The Labute approximate surface area is 84.9 Å². The zero-order valence-electron chi connectivity index (χ0n) is 8.16. The minimum atomic E-state index is 0.0247. The Kier molecular flexibility index (Phi) is 2.49. The molecule has 1 aromatic rings. The predicted molar refractivity (Wildman–Crippen MR) is 63.5 cm³/mol. The van der Waals surface area contributed by atoms with Crippen molar-refractivity contribution in [1.29, 1.82) is 0 Å². The SMILES string of the molecule is CC1=CP(C)Sc2cc(C)ccc21. The highest BCUT2D eigenvalue weighted by molar-refractivity contribution is 8.56. The van der Waals surface area contributed by atoms with Gasteiger partial charge in [-0.1, -0.05) is 23.5 Å². The minimum absolute atomic E-state index is 0.0247. The summed E-state index contributed by atoms with van der Waals surface area (Å²) in [7, 11) is 0.0247. The standard InChI is InChI=1S/C11H13PS/c1-8-4-5-10-9(2)7-12(3)13-11(10)6-8/h4-7H,1-3H3. The van der Waals surface area contributed by atoms with E-state index in [2.05, 4.69) is 44.5 Å². The van der Waals surface area contributed by atoms with Gasteiger partial charge in [0, 0.05) is 4.90 Å². The number of allylic oxidation sites excluding steroid dienone is 1. The van der Waals surface area contributed by atoms with Crippen molar-refractivity contribution in [3.05, 3.63) is 35.1 Å². The molecule has 0 nitrogen and oxygen atoms in total. The summed E-state index contributed by atoms with van der Waals surface area (Å²) in [4.78, 5) is 1.47. The maximum atomic E-state index is 2.40. The van der Waals surface area contributed by atoms with Gasteiger partial charge in [0.25, 0.3) is 0 Å². The summed E-state index contributed by atoms with van der Waals surface area (Å²) in [6.07, 6.45) is 0. The summed E-state index contributed by atoms with van der Waals surface area (Å²) in [5.74, 6) is 2.40. The predicted octanol–water partition coefficient (Wildman–Crippen LogP) is 4.49. The molecule has 0 fully saturated rings. The molecule has 0 aliphatic carbocycles. The molecule has 1 unspecified atom stereocenters. The van der Waals surface area contributed by atoms with Crippen molar-refractivity contribution in [2.45, 2.75) is 18.7 Å². The van der Waals surface area contributed by atoms with E-state index in [4.69, 9.17) is 0 Å². The highest BCUT2D eigenvalue weighted by Crippen LogP contribution is 2.58. The number of benzene rings is 1. The van der Waals surface area contributed by atoms with E-state index < -0.39 is 0 Å². The van der Waals surface area contributed by atoms with Crippen LogP contribution < -0.4 is 0 Å². The van der Waals surface area contributed by atoms with Gasteiger partial charge >= 0.3 is 0 Å². The highest BCUT2D eigenvalue weighted by Gasteiger charge is 2.14. The largest absolute Gasteiger partial charge is 0.0939 e. The molecular formula is C11H13PS. The van der Waals surface area contributed by atoms with Crippen molar-refractivity contribution in [2.75, 3.05) is 6.66 Å². The fourth-order valence-electron chi connectivity index (χ4n) is 1.55. The van der Waals surface area contributed by atoms with Crippen LogP contribution in [0, 0.1) is 6.92 Å². The van der Waals surface area contributed by atoms with Crippen LogP contribution in [0.4, 0.5) is 0 Å². The van der Waals surface area contributed by atoms with Crippen molar-refractivity contribution < 1.29 is 0 Å².